The van der Waals surface area contributed by atoms with Gasteiger partial charge in [0.15, 0.2) is 0 Å². The summed E-state index contributed by atoms with van der Waals surface area (Å²) in [5, 5.41) is 2.94. The van der Waals surface area contributed by atoms with E-state index in [1.54, 1.807) is 31.6 Å². The van der Waals surface area contributed by atoms with Gasteiger partial charge in [0.2, 0.25) is 0 Å². The lowest BCUT2D eigenvalue weighted by molar-refractivity contribution is 0.0950. The van der Waals surface area contributed by atoms with Crippen LogP contribution in [0.4, 0.5) is 0 Å². The fraction of sp³-hybridized carbons (Fsp3) is 0.333. The first kappa shape index (κ1) is 19.0. The van der Waals surface area contributed by atoms with Crippen molar-refractivity contribution in [3.63, 3.8) is 0 Å². The normalized spacial score (nSPS) is 10.1. The predicted octanol–water partition coefficient (Wildman–Crippen LogP) is 3.87. The molecule has 2 rings (SSSR count). The van der Waals surface area contributed by atoms with E-state index in [1.807, 2.05) is 13.0 Å². The van der Waals surface area contributed by atoms with Crippen LogP contribution in [-0.2, 0) is 6.54 Å². The van der Waals surface area contributed by atoms with E-state index in [2.05, 4.69) is 30.2 Å². The molecule has 0 unspecified atom stereocenters. The van der Waals surface area contributed by atoms with Crippen molar-refractivity contribution in [2.24, 2.45) is 0 Å². The molecule has 1 N–H and O–H groups in total. The third-order valence-electron chi connectivity index (χ3n) is 3.67. The minimum atomic E-state index is -0.116. The van der Waals surface area contributed by atoms with Gasteiger partial charge in [-0.15, -0.1) is 12.4 Å². The van der Waals surface area contributed by atoms with Crippen molar-refractivity contribution in [2.45, 2.75) is 33.2 Å². The lowest BCUT2D eigenvalue weighted by Gasteiger charge is -2.16. The number of benzene rings is 1. The zero-order chi connectivity index (χ0) is 16.1. The summed E-state index contributed by atoms with van der Waals surface area (Å²) in [5.41, 5.74) is 3.92. The molecule has 0 saturated carbocycles. The van der Waals surface area contributed by atoms with Crippen molar-refractivity contribution in [2.75, 3.05) is 7.11 Å². The Morgan fingerprint density at radius 1 is 1.35 bits per heavy atom. The maximum absolute atomic E-state index is 12.1. The molecule has 1 aromatic heterocycles. The zero-order valence-electron chi connectivity index (χ0n) is 13.9. The van der Waals surface area contributed by atoms with Crippen molar-refractivity contribution < 1.29 is 9.53 Å². The fourth-order valence-electron chi connectivity index (χ4n) is 2.34. The number of aryl methyl sites for hydroxylation is 1. The van der Waals surface area contributed by atoms with Crippen LogP contribution in [0.15, 0.2) is 36.7 Å². The van der Waals surface area contributed by atoms with Crippen LogP contribution < -0.4 is 10.1 Å². The molecule has 124 valence electrons. The van der Waals surface area contributed by atoms with Crippen molar-refractivity contribution in [1.29, 1.82) is 0 Å². The molecule has 0 aliphatic heterocycles. The van der Waals surface area contributed by atoms with E-state index >= 15 is 0 Å². The van der Waals surface area contributed by atoms with Gasteiger partial charge < -0.3 is 10.1 Å². The molecule has 0 saturated heterocycles. The van der Waals surface area contributed by atoms with Crippen LogP contribution in [0.5, 0.6) is 5.75 Å². The zero-order valence-corrected chi connectivity index (χ0v) is 14.7. The summed E-state index contributed by atoms with van der Waals surface area (Å²) in [7, 11) is 1.69. The molecule has 0 aliphatic rings. The van der Waals surface area contributed by atoms with Gasteiger partial charge in [0, 0.05) is 18.9 Å². The monoisotopic (exact) mass is 334 g/mol. The summed E-state index contributed by atoms with van der Waals surface area (Å²) in [6.45, 7) is 6.78. The number of hydrogen-bond acceptors (Lipinski definition) is 3. The van der Waals surface area contributed by atoms with E-state index in [0.29, 0.717) is 18.0 Å². The topological polar surface area (TPSA) is 51.2 Å². The van der Waals surface area contributed by atoms with Crippen molar-refractivity contribution >= 4 is 18.3 Å². The number of aromatic nitrogens is 1. The van der Waals surface area contributed by atoms with Crippen LogP contribution in [0, 0.1) is 6.92 Å². The molecular formula is C18H23ClN2O2. The number of carbonyl (C=O) groups excluding carboxylic acids is 1. The standard InChI is InChI=1S/C18H22N2O2.ClH/c1-12(2)16-9-15(13(3)8-17(16)22-4)11-20-18(21)14-6-5-7-19-10-14;/h5-10,12H,11H2,1-4H3,(H,20,21);1H. The fourth-order valence-corrected chi connectivity index (χ4v) is 2.34. The molecule has 5 heteroatoms. The van der Waals surface area contributed by atoms with Crippen LogP contribution in [-0.4, -0.2) is 18.0 Å². The minimum absolute atomic E-state index is 0. The van der Waals surface area contributed by atoms with Gasteiger partial charge in [-0.25, -0.2) is 0 Å². The molecular weight excluding hydrogens is 312 g/mol. The Hall–Kier alpha value is -2.07. The second-order valence-corrected chi connectivity index (χ2v) is 5.60. The quantitative estimate of drug-likeness (QED) is 0.903. The molecule has 0 fully saturated rings. The summed E-state index contributed by atoms with van der Waals surface area (Å²) < 4.78 is 5.44. The number of methoxy groups -OCH3 is 1. The number of carbonyl (C=O) groups is 1. The van der Waals surface area contributed by atoms with Gasteiger partial charge in [-0.3, -0.25) is 9.78 Å². The SMILES string of the molecule is COc1cc(C)c(CNC(=O)c2cccnc2)cc1C(C)C.Cl. The first-order valence-electron chi connectivity index (χ1n) is 7.38. The molecule has 1 amide bonds. The van der Waals surface area contributed by atoms with E-state index in [9.17, 15) is 4.79 Å². The molecule has 0 spiro atoms. The third kappa shape index (κ3) is 4.70. The summed E-state index contributed by atoms with van der Waals surface area (Å²) in [6.07, 6.45) is 3.22. The molecule has 0 aliphatic carbocycles. The summed E-state index contributed by atoms with van der Waals surface area (Å²) in [6, 6.07) is 7.65. The number of rotatable bonds is 5. The van der Waals surface area contributed by atoms with Gasteiger partial charge in [0.05, 0.1) is 12.7 Å². The van der Waals surface area contributed by atoms with Crippen LogP contribution >= 0.6 is 12.4 Å². The molecule has 0 atom stereocenters. The molecule has 1 aromatic carbocycles. The number of nitrogens with zero attached hydrogens (tertiary/aromatic N) is 1. The highest BCUT2D eigenvalue weighted by molar-refractivity contribution is 5.93. The largest absolute Gasteiger partial charge is 0.496 e. The minimum Gasteiger partial charge on any atom is -0.496 e. The van der Waals surface area contributed by atoms with E-state index in [-0.39, 0.29) is 18.3 Å². The Kier molecular flexibility index (Phi) is 7.04. The number of amides is 1. The first-order valence-corrected chi connectivity index (χ1v) is 7.38. The lowest BCUT2D eigenvalue weighted by atomic mass is 9.96. The van der Waals surface area contributed by atoms with E-state index in [1.165, 1.54) is 0 Å². The molecule has 1 heterocycles. The number of pyridine rings is 1. The van der Waals surface area contributed by atoms with Gasteiger partial charge in [-0.1, -0.05) is 13.8 Å². The Labute approximate surface area is 143 Å². The van der Waals surface area contributed by atoms with Gasteiger partial charge in [0.25, 0.3) is 5.91 Å². The highest BCUT2D eigenvalue weighted by Gasteiger charge is 2.12. The van der Waals surface area contributed by atoms with E-state index in [4.69, 9.17) is 4.74 Å². The maximum atomic E-state index is 12.1. The summed E-state index contributed by atoms with van der Waals surface area (Å²) in [5.74, 6) is 1.15. The number of halogens is 1. The Morgan fingerprint density at radius 2 is 2.09 bits per heavy atom. The summed E-state index contributed by atoms with van der Waals surface area (Å²) >= 11 is 0. The molecule has 0 bridgehead atoms. The van der Waals surface area contributed by atoms with Crippen LogP contribution in [0.2, 0.25) is 0 Å². The van der Waals surface area contributed by atoms with Crippen molar-refractivity contribution in [1.82, 2.24) is 10.3 Å². The van der Waals surface area contributed by atoms with Crippen molar-refractivity contribution in [3.8, 4) is 5.75 Å². The van der Waals surface area contributed by atoms with Crippen LogP contribution in [0.25, 0.3) is 0 Å². The Morgan fingerprint density at radius 3 is 2.65 bits per heavy atom. The third-order valence-corrected chi connectivity index (χ3v) is 3.67. The number of ether oxygens (including phenoxy) is 1. The molecule has 23 heavy (non-hydrogen) atoms. The average Bonchev–Trinajstić information content (AvgIpc) is 2.53. The van der Waals surface area contributed by atoms with E-state index < -0.39 is 0 Å². The Balaban J connectivity index is 0.00000264. The molecule has 2 aromatic rings. The molecule has 0 radical (unpaired) electrons. The number of nitrogens with one attached hydrogen (secondary N) is 1. The average molecular weight is 335 g/mol. The first-order chi connectivity index (χ1) is 10.5. The second-order valence-electron chi connectivity index (χ2n) is 5.60. The van der Waals surface area contributed by atoms with Gasteiger partial charge >= 0.3 is 0 Å². The highest BCUT2D eigenvalue weighted by Crippen LogP contribution is 2.29. The lowest BCUT2D eigenvalue weighted by Crippen LogP contribution is -2.23. The predicted molar refractivity (Wildman–Crippen MR) is 94.5 cm³/mol. The Bertz CT molecular complexity index is 658. The highest BCUT2D eigenvalue weighted by atomic mass is 35.5. The van der Waals surface area contributed by atoms with Crippen LogP contribution in [0.3, 0.4) is 0 Å². The smallest absolute Gasteiger partial charge is 0.253 e. The summed E-state index contributed by atoms with van der Waals surface area (Å²) in [4.78, 5) is 16.1. The van der Waals surface area contributed by atoms with Gasteiger partial charge in [-0.2, -0.15) is 0 Å². The molecule has 4 nitrogen and oxygen atoms in total. The maximum Gasteiger partial charge on any atom is 0.253 e. The van der Waals surface area contributed by atoms with Gasteiger partial charge in [0.1, 0.15) is 5.75 Å². The van der Waals surface area contributed by atoms with Crippen LogP contribution in [0.1, 0.15) is 46.8 Å². The van der Waals surface area contributed by atoms with Gasteiger partial charge in [-0.05, 0) is 53.8 Å². The second kappa shape index (κ2) is 8.53. The number of hydrogen-bond donors (Lipinski definition) is 1. The van der Waals surface area contributed by atoms with E-state index in [0.717, 1.165) is 22.4 Å². The van der Waals surface area contributed by atoms with Crippen molar-refractivity contribution in [3.05, 3.63) is 58.9 Å².